The summed E-state index contributed by atoms with van der Waals surface area (Å²) in [7, 11) is -4.18. The van der Waals surface area contributed by atoms with Crippen LogP contribution in [0.5, 0.6) is 5.75 Å². The Balaban J connectivity index is 1.77. The second-order valence-electron chi connectivity index (χ2n) is 10.8. The van der Waals surface area contributed by atoms with Gasteiger partial charge in [-0.15, -0.1) is 0 Å². The Hall–Kier alpha value is -4.63. The van der Waals surface area contributed by atoms with Crippen LogP contribution in [0.2, 0.25) is 0 Å². The number of carbonyl (C=O) groups excluding carboxylic acids is 2. The molecular weight excluding hydrogens is 586 g/mol. The Morgan fingerprint density at radius 3 is 2.09 bits per heavy atom. The van der Waals surface area contributed by atoms with E-state index in [4.69, 9.17) is 4.74 Å². The first kappa shape index (κ1) is 33.3. The Morgan fingerprint density at radius 2 is 1.47 bits per heavy atom. The van der Waals surface area contributed by atoms with Crippen LogP contribution < -0.4 is 14.4 Å². The molecule has 2 amide bonds. The van der Waals surface area contributed by atoms with E-state index in [0.717, 1.165) is 27.4 Å². The lowest BCUT2D eigenvalue weighted by atomic mass is 10.0. The van der Waals surface area contributed by atoms with Crippen LogP contribution in [0.4, 0.5) is 5.69 Å². The third kappa shape index (κ3) is 8.95. The number of rotatable bonds is 15. The van der Waals surface area contributed by atoms with E-state index in [1.165, 1.54) is 17.0 Å². The smallest absolute Gasteiger partial charge is 0.264 e. The monoisotopic (exact) mass is 627 g/mol. The minimum absolute atomic E-state index is 0.0226. The standard InChI is InChI=1S/C36H41N3O5S/c1-4-23-37-36(41)34(25-29-14-8-6-9-15-29)38(26-30-16-12-13-28(3)24-30)35(40)27-39(31-17-10-7-11-18-31)45(42,43)33-21-19-32(20-22-33)44-5-2/h6-22,24,34H,4-5,23,25-27H2,1-3H3,(H,37,41)/t34-/m0/s1. The van der Waals surface area contributed by atoms with Crippen LogP contribution in [-0.4, -0.2) is 50.9 Å². The number of benzene rings is 4. The number of ether oxygens (including phenoxy) is 1. The number of nitrogens with zero attached hydrogens (tertiary/aromatic N) is 2. The van der Waals surface area contributed by atoms with Gasteiger partial charge in [-0.05, 0) is 67.8 Å². The largest absolute Gasteiger partial charge is 0.494 e. The predicted molar refractivity (Wildman–Crippen MR) is 178 cm³/mol. The van der Waals surface area contributed by atoms with Gasteiger partial charge in [0.25, 0.3) is 10.0 Å². The number of nitrogens with one attached hydrogen (secondary N) is 1. The molecule has 1 atom stereocenters. The summed E-state index contributed by atoms with van der Waals surface area (Å²) in [6.07, 6.45) is 1.00. The molecule has 0 fully saturated rings. The molecule has 0 heterocycles. The van der Waals surface area contributed by atoms with Gasteiger partial charge in [0.2, 0.25) is 11.8 Å². The quantitative estimate of drug-likeness (QED) is 0.181. The molecule has 9 heteroatoms. The van der Waals surface area contributed by atoms with E-state index >= 15 is 0 Å². The lowest BCUT2D eigenvalue weighted by Gasteiger charge is -2.34. The van der Waals surface area contributed by atoms with Crippen LogP contribution in [0.3, 0.4) is 0 Å². The highest BCUT2D eigenvalue weighted by Crippen LogP contribution is 2.26. The zero-order valence-corrected chi connectivity index (χ0v) is 26.9. The summed E-state index contributed by atoms with van der Waals surface area (Å²) in [5.74, 6) is -0.241. The number of anilines is 1. The van der Waals surface area contributed by atoms with Gasteiger partial charge < -0.3 is 15.0 Å². The topological polar surface area (TPSA) is 96.0 Å². The van der Waals surface area contributed by atoms with Gasteiger partial charge in [0.1, 0.15) is 18.3 Å². The van der Waals surface area contributed by atoms with Crippen molar-refractivity contribution < 1.29 is 22.7 Å². The summed E-state index contributed by atoms with van der Waals surface area (Å²) in [5.41, 5.74) is 3.08. The fourth-order valence-corrected chi connectivity index (χ4v) is 6.47. The van der Waals surface area contributed by atoms with Crippen molar-refractivity contribution in [1.29, 1.82) is 0 Å². The van der Waals surface area contributed by atoms with Gasteiger partial charge in [-0.1, -0.05) is 85.3 Å². The predicted octanol–water partition coefficient (Wildman–Crippen LogP) is 5.76. The van der Waals surface area contributed by atoms with Crippen molar-refractivity contribution in [3.8, 4) is 5.75 Å². The number of carbonyl (C=O) groups is 2. The van der Waals surface area contributed by atoms with Crippen molar-refractivity contribution in [3.63, 3.8) is 0 Å². The van der Waals surface area contributed by atoms with E-state index in [1.54, 1.807) is 42.5 Å². The molecule has 0 aliphatic carbocycles. The van der Waals surface area contributed by atoms with Gasteiger partial charge in [0.05, 0.1) is 17.2 Å². The third-order valence-electron chi connectivity index (χ3n) is 7.30. The SMILES string of the molecule is CCCNC(=O)[C@H](Cc1ccccc1)N(Cc1cccc(C)c1)C(=O)CN(c1ccccc1)S(=O)(=O)c1ccc(OCC)cc1. The first-order valence-corrected chi connectivity index (χ1v) is 16.6. The van der Waals surface area contributed by atoms with Crippen LogP contribution in [0.15, 0.2) is 114 Å². The van der Waals surface area contributed by atoms with Crippen LogP contribution in [0.1, 0.15) is 37.0 Å². The van der Waals surface area contributed by atoms with Gasteiger partial charge in [-0.25, -0.2) is 8.42 Å². The lowest BCUT2D eigenvalue weighted by Crippen LogP contribution is -2.53. The summed E-state index contributed by atoms with van der Waals surface area (Å²) < 4.78 is 34.9. The average Bonchev–Trinajstić information content (AvgIpc) is 3.05. The van der Waals surface area contributed by atoms with Crippen LogP contribution in [-0.2, 0) is 32.6 Å². The zero-order chi connectivity index (χ0) is 32.2. The molecule has 0 aromatic heterocycles. The molecular formula is C36H41N3O5S. The molecule has 0 unspecified atom stereocenters. The summed E-state index contributed by atoms with van der Waals surface area (Å²) >= 11 is 0. The van der Waals surface area contributed by atoms with Gasteiger partial charge in [-0.3, -0.25) is 13.9 Å². The summed E-state index contributed by atoms with van der Waals surface area (Å²) in [6, 6.07) is 31.1. The third-order valence-corrected chi connectivity index (χ3v) is 9.09. The van der Waals surface area contributed by atoms with E-state index in [1.807, 2.05) is 75.4 Å². The Kier molecular flexibility index (Phi) is 11.8. The second-order valence-corrected chi connectivity index (χ2v) is 12.6. The molecule has 4 rings (SSSR count). The van der Waals surface area contributed by atoms with Gasteiger partial charge in [0.15, 0.2) is 0 Å². The highest BCUT2D eigenvalue weighted by atomic mass is 32.2. The van der Waals surface area contributed by atoms with Crippen molar-refractivity contribution in [2.24, 2.45) is 0 Å². The molecule has 0 saturated carbocycles. The number of hydrogen-bond donors (Lipinski definition) is 1. The maximum absolute atomic E-state index is 14.5. The van der Waals surface area contributed by atoms with E-state index in [0.29, 0.717) is 24.6 Å². The van der Waals surface area contributed by atoms with E-state index in [-0.39, 0.29) is 23.8 Å². The summed E-state index contributed by atoms with van der Waals surface area (Å²) in [5, 5.41) is 2.97. The van der Waals surface area contributed by atoms with E-state index in [2.05, 4.69) is 5.32 Å². The minimum Gasteiger partial charge on any atom is -0.494 e. The first-order valence-electron chi connectivity index (χ1n) is 15.2. The van der Waals surface area contributed by atoms with Crippen molar-refractivity contribution in [2.45, 2.75) is 51.1 Å². The lowest BCUT2D eigenvalue weighted by molar-refractivity contribution is -0.140. The fraction of sp³-hybridized carbons (Fsp3) is 0.278. The zero-order valence-electron chi connectivity index (χ0n) is 26.1. The molecule has 8 nitrogen and oxygen atoms in total. The normalized spacial score (nSPS) is 11.8. The molecule has 4 aromatic rings. The Labute approximate surface area is 266 Å². The van der Waals surface area contributed by atoms with Gasteiger partial charge in [-0.2, -0.15) is 0 Å². The minimum atomic E-state index is -4.18. The van der Waals surface area contributed by atoms with Gasteiger partial charge >= 0.3 is 0 Å². The first-order chi connectivity index (χ1) is 21.7. The molecule has 0 aliphatic rings. The fourth-order valence-electron chi connectivity index (χ4n) is 5.05. The average molecular weight is 628 g/mol. The summed E-state index contributed by atoms with van der Waals surface area (Å²) in [6.45, 7) is 6.31. The van der Waals surface area contributed by atoms with Crippen molar-refractivity contribution in [2.75, 3.05) is 24.0 Å². The Bertz CT molecular complexity index is 1650. The van der Waals surface area contributed by atoms with Crippen molar-refractivity contribution in [1.82, 2.24) is 10.2 Å². The molecule has 0 saturated heterocycles. The number of hydrogen-bond acceptors (Lipinski definition) is 5. The van der Waals surface area contributed by atoms with E-state index < -0.39 is 28.5 Å². The molecule has 0 aliphatic heterocycles. The molecule has 236 valence electrons. The summed E-state index contributed by atoms with van der Waals surface area (Å²) in [4.78, 5) is 29.7. The molecule has 4 aromatic carbocycles. The van der Waals surface area contributed by atoms with Crippen molar-refractivity contribution in [3.05, 3.63) is 126 Å². The highest BCUT2D eigenvalue weighted by Gasteiger charge is 2.34. The van der Waals surface area contributed by atoms with Gasteiger partial charge in [0, 0.05) is 19.5 Å². The second kappa shape index (κ2) is 15.9. The number of sulfonamides is 1. The molecule has 0 radical (unpaired) electrons. The molecule has 45 heavy (non-hydrogen) atoms. The maximum atomic E-state index is 14.5. The number of aryl methyl sites for hydroxylation is 1. The molecule has 0 bridgehead atoms. The Morgan fingerprint density at radius 1 is 0.822 bits per heavy atom. The van der Waals surface area contributed by atoms with Crippen molar-refractivity contribution >= 4 is 27.5 Å². The number of amides is 2. The van der Waals surface area contributed by atoms with Crippen LogP contribution >= 0.6 is 0 Å². The van der Waals surface area contributed by atoms with E-state index in [9.17, 15) is 18.0 Å². The number of para-hydroxylation sites is 1. The molecule has 1 N–H and O–H groups in total. The van der Waals surface area contributed by atoms with Crippen LogP contribution in [0.25, 0.3) is 0 Å². The maximum Gasteiger partial charge on any atom is 0.264 e. The molecule has 0 spiro atoms. The van der Waals surface area contributed by atoms with Crippen LogP contribution in [0, 0.1) is 6.92 Å². The highest BCUT2D eigenvalue weighted by molar-refractivity contribution is 7.92.